The summed E-state index contributed by atoms with van der Waals surface area (Å²) >= 11 is 1.50. The lowest BCUT2D eigenvalue weighted by Gasteiger charge is -1.99. The minimum atomic E-state index is 0. The molecule has 0 aliphatic carbocycles. The molecule has 4 heterocycles. The molecule has 23 heavy (non-hydrogen) atoms. The van der Waals surface area contributed by atoms with Crippen molar-refractivity contribution >= 4 is 45.2 Å². The Bertz CT molecular complexity index is 935. The van der Waals surface area contributed by atoms with Gasteiger partial charge in [-0.15, -0.1) is 28.3 Å². The second kappa shape index (κ2) is 6.39. The van der Waals surface area contributed by atoms with Crippen LogP contribution in [0.2, 0.25) is 0 Å². The van der Waals surface area contributed by atoms with Crippen LogP contribution in [0.5, 0.6) is 0 Å². The molecule has 0 aliphatic heterocycles. The molecule has 116 valence electrons. The summed E-state index contributed by atoms with van der Waals surface area (Å²) in [6, 6.07) is 3.65. The van der Waals surface area contributed by atoms with Gasteiger partial charge in [0, 0.05) is 30.2 Å². The Balaban J connectivity index is 0.00000156. The van der Waals surface area contributed by atoms with Gasteiger partial charge in [-0.2, -0.15) is 0 Å². The van der Waals surface area contributed by atoms with E-state index in [9.17, 15) is 0 Å². The van der Waals surface area contributed by atoms with E-state index >= 15 is 0 Å². The molecule has 4 rings (SSSR count). The van der Waals surface area contributed by atoms with Crippen molar-refractivity contribution in [3.8, 4) is 11.4 Å². The summed E-state index contributed by atoms with van der Waals surface area (Å²) < 4.78 is 1.94. The summed E-state index contributed by atoms with van der Waals surface area (Å²) in [6.45, 7) is 1.96. The number of imidazole rings is 1. The van der Waals surface area contributed by atoms with Crippen molar-refractivity contribution in [2.75, 3.05) is 5.32 Å². The van der Waals surface area contributed by atoms with Crippen molar-refractivity contribution in [2.24, 2.45) is 0 Å². The van der Waals surface area contributed by atoms with Gasteiger partial charge in [-0.05, 0) is 19.1 Å². The highest BCUT2D eigenvalue weighted by Crippen LogP contribution is 2.28. The highest BCUT2D eigenvalue weighted by molar-refractivity contribution is 8.93. The maximum atomic E-state index is 4.60. The van der Waals surface area contributed by atoms with Crippen molar-refractivity contribution in [3.63, 3.8) is 0 Å². The molecule has 0 unspecified atom stereocenters. The van der Waals surface area contributed by atoms with E-state index < -0.39 is 0 Å². The Morgan fingerprint density at radius 2 is 1.83 bits per heavy atom. The van der Waals surface area contributed by atoms with Crippen molar-refractivity contribution in [1.82, 2.24) is 29.3 Å². The third-order valence-corrected chi connectivity index (χ3v) is 3.87. The fourth-order valence-corrected chi connectivity index (χ4v) is 2.89. The highest BCUT2D eigenvalue weighted by atomic mass is 79.9. The van der Waals surface area contributed by atoms with Crippen LogP contribution >= 0.6 is 28.3 Å². The number of aryl methyl sites for hydroxylation is 1. The number of thiazole rings is 1. The SMILES string of the molecule is Br.Cc1nc2ncccn2c1-c1csc(Nc2ncccn2)n1. The van der Waals surface area contributed by atoms with Gasteiger partial charge in [-0.3, -0.25) is 4.40 Å². The van der Waals surface area contributed by atoms with Gasteiger partial charge in [-0.25, -0.2) is 24.9 Å². The predicted octanol–water partition coefficient (Wildman–Crippen LogP) is 3.27. The molecule has 0 atom stereocenters. The average Bonchev–Trinajstić information content (AvgIpc) is 3.11. The third kappa shape index (κ3) is 2.92. The zero-order valence-electron chi connectivity index (χ0n) is 12.0. The molecule has 0 amide bonds. The predicted molar refractivity (Wildman–Crippen MR) is 94.5 cm³/mol. The molecule has 9 heteroatoms. The fraction of sp³-hybridized carbons (Fsp3) is 0.0714. The van der Waals surface area contributed by atoms with E-state index in [2.05, 4.69) is 30.2 Å². The highest BCUT2D eigenvalue weighted by Gasteiger charge is 2.14. The normalized spacial score (nSPS) is 10.5. The Morgan fingerprint density at radius 3 is 2.65 bits per heavy atom. The third-order valence-electron chi connectivity index (χ3n) is 3.11. The van der Waals surface area contributed by atoms with E-state index in [0.717, 1.165) is 22.2 Å². The lowest BCUT2D eigenvalue weighted by Crippen LogP contribution is -1.95. The van der Waals surface area contributed by atoms with E-state index in [1.54, 1.807) is 24.7 Å². The van der Waals surface area contributed by atoms with Crippen LogP contribution in [0.4, 0.5) is 11.1 Å². The van der Waals surface area contributed by atoms with Gasteiger partial charge in [0.25, 0.3) is 0 Å². The number of hydrogen-bond acceptors (Lipinski definition) is 7. The summed E-state index contributed by atoms with van der Waals surface area (Å²) in [7, 11) is 0. The minimum absolute atomic E-state index is 0. The van der Waals surface area contributed by atoms with Crippen LogP contribution in [-0.4, -0.2) is 29.3 Å². The van der Waals surface area contributed by atoms with Crippen LogP contribution in [0.1, 0.15) is 5.69 Å². The molecule has 0 radical (unpaired) electrons. The number of fused-ring (bicyclic) bond motifs is 1. The van der Waals surface area contributed by atoms with Crippen molar-refractivity contribution in [3.05, 3.63) is 48.0 Å². The first kappa shape index (κ1) is 15.5. The van der Waals surface area contributed by atoms with Crippen LogP contribution in [0.25, 0.3) is 17.2 Å². The summed E-state index contributed by atoms with van der Waals surface area (Å²) in [5.74, 6) is 1.20. The molecule has 4 aromatic rings. The second-order valence-corrected chi connectivity index (χ2v) is 5.43. The molecule has 0 saturated carbocycles. The number of hydrogen-bond donors (Lipinski definition) is 1. The average molecular weight is 390 g/mol. The number of anilines is 2. The molecule has 1 N–H and O–H groups in total. The minimum Gasteiger partial charge on any atom is -0.300 e. The Hall–Kier alpha value is -2.39. The van der Waals surface area contributed by atoms with E-state index in [0.29, 0.717) is 11.7 Å². The van der Waals surface area contributed by atoms with Gasteiger partial charge in [0.15, 0.2) is 5.13 Å². The number of rotatable bonds is 3. The molecule has 0 aliphatic rings. The van der Waals surface area contributed by atoms with Crippen LogP contribution < -0.4 is 5.32 Å². The van der Waals surface area contributed by atoms with Gasteiger partial charge in [0.05, 0.1) is 11.4 Å². The zero-order chi connectivity index (χ0) is 14.9. The summed E-state index contributed by atoms with van der Waals surface area (Å²) in [6.07, 6.45) is 7.03. The molecule has 0 bridgehead atoms. The first-order valence-corrected chi connectivity index (χ1v) is 7.49. The maximum Gasteiger partial charge on any atom is 0.234 e. The topological polar surface area (TPSA) is 80.9 Å². The monoisotopic (exact) mass is 389 g/mol. The van der Waals surface area contributed by atoms with Gasteiger partial charge < -0.3 is 5.32 Å². The van der Waals surface area contributed by atoms with Gasteiger partial charge >= 0.3 is 0 Å². The van der Waals surface area contributed by atoms with Crippen LogP contribution in [0.3, 0.4) is 0 Å². The molecular formula is C14H12BrN7S. The summed E-state index contributed by atoms with van der Waals surface area (Å²) in [4.78, 5) is 21.6. The number of nitrogens with zero attached hydrogens (tertiary/aromatic N) is 6. The van der Waals surface area contributed by atoms with Crippen LogP contribution in [0, 0.1) is 6.92 Å². The van der Waals surface area contributed by atoms with Crippen molar-refractivity contribution < 1.29 is 0 Å². The van der Waals surface area contributed by atoms with E-state index in [-0.39, 0.29) is 17.0 Å². The molecule has 4 aromatic heterocycles. The van der Waals surface area contributed by atoms with Gasteiger partial charge in [-0.1, -0.05) is 0 Å². The van der Waals surface area contributed by atoms with E-state index in [1.807, 2.05) is 29.0 Å². The number of aromatic nitrogens is 6. The van der Waals surface area contributed by atoms with Crippen LogP contribution in [0.15, 0.2) is 42.3 Å². The summed E-state index contributed by atoms with van der Waals surface area (Å²) in [5.41, 5.74) is 2.69. The first-order chi connectivity index (χ1) is 10.8. The van der Waals surface area contributed by atoms with Gasteiger partial charge in [0.2, 0.25) is 11.7 Å². The number of nitrogens with one attached hydrogen (secondary N) is 1. The lowest BCUT2D eigenvalue weighted by molar-refractivity contribution is 1.10. The second-order valence-electron chi connectivity index (χ2n) is 4.57. The van der Waals surface area contributed by atoms with E-state index in [4.69, 9.17) is 0 Å². The smallest absolute Gasteiger partial charge is 0.234 e. The lowest BCUT2D eigenvalue weighted by atomic mass is 10.3. The van der Waals surface area contributed by atoms with Crippen molar-refractivity contribution in [1.29, 1.82) is 0 Å². The zero-order valence-corrected chi connectivity index (χ0v) is 14.6. The van der Waals surface area contributed by atoms with E-state index in [1.165, 1.54) is 11.3 Å². The Labute approximate surface area is 146 Å². The summed E-state index contributed by atoms with van der Waals surface area (Å²) in [5, 5.41) is 5.81. The van der Waals surface area contributed by atoms with Crippen LogP contribution in [-0.2, 0) is 0 Å². The Kier molecular flexibility index (Phi) is 4.30. The molecule has 0 fully saturated rings. The molecule has 0 aromatic carbocycles. The fourth-order valence-electron chi connectivity index (χ4n) is 2.21. The van der Waals surface area contributed by atoms with Gasteiger partial charge in [0.1, 0.15) is 5.69 Å². The largest absolute Gasteiger partial charge is 0.300 e. The van der Waals surface area contributed by atoms with Crippen molar-refractivity contribution in [2.45, 2.75) is 6.92 Å². The quantitative estimate of drug-likeness (QED) is 0.578. The first-order valence-electron chi connectivity index (χ1n) is 6.61. The standard InChI is InChI=1S/C14H11N7S.BrH/c1-9-11(21-7-3-6-17-13(21)18-9)10-8-22-14(19-10)20-12-15-4-2-5-16-12;/h2-8H,1H3,(H,15,16,19,20);1H. The molecule has 0 spiro atoms. The molecule has 7 nitrogen and oxygen atoms in total. The molecular weight excluding hydrogens is 378 g/mol. The number of halogens is 1. The maximum absolute atomic E-state index is 4.60. The Morgan fingerprint density at radius 1 is 1.04 bits per heavy atom. The molecule has 0 saturated heterocycles.